The molecule has 160 valence electrons. The van der Waals surface area contributed by atoms with Gasteiger partial charge in [-0.2, -0.15) is 5.10 Å². The fourth-order valence-corrected chi connectivity index (χ4v) is 4.48. The Morgan fingerprint density at radius 3 is 2.81 bits per heavy atom. The molecule has 7 nitrogen and oxygen atoms in total. The van der Waals surface area contributed by atoms with Crippen LogP contribution >= 0.6 is 0 Å². The number of amides is 1. The molecule has 1 atom stereocenters. The molecule has 1 amide bonds. The van der Waals surface area contributed by atoms with Crippen LogP contribution in [0, 0.1) is 6.92 Å². The summed E-state index contributed by atoms with van der Waals surface area (Å²) in [6.07, 6.45) is 1.86. The van der Waals surface area contributed by atoms with Crippen molar-refractivity contribution in [2.24, 2.45) is 7.05 Å². The molecule has 0 radical (unpaired) electrons. The number of para-hydroxylation sites is 1. The molecule has 2 aromatic carbocycles. The summed E-state index contributed by atoms with van der Waals surface area (Å²) in [5, 5.41) is 7.49. The molecule has 1 fully saturated rings. The van der Waals surface area contributed by atoms with Crippen LogP contribution in [0.4, 0.5) is 5.69 Å². The van der Waals surface area contributed by atoms with E-state index in [4.69, 9.17) is 9.47 Å². The molecular weight excluding hydrogens is 392 g/mol. The van der Waals surface area contributed by atoms with Crippen LogP contribution in [0.3, 0.4) is 0 Å². The lowest BCUT2D eigenvalue weighted by Crippen LogP contribution is -2.39. The molecule has 1 unspecified atom stereocenters. The van der Waals surface area contributed by atoms with Gasteiger partial charge in [0.1, 0.15) is 0 Å². The smallest absolute Gasteiger partial charge is 0.241 e. The summed E-state index contributed by atoms with van der Waals surface area (Å²) in [6.45, 7) is 3.80. The average molecular weight is 418 g/mol. The zero-order valence-corrected chi connectivity index (χ0v) is 17.8. The Morgan fingerprint density at radius 1 is 1.19 bits per heavy atom. The van der Waals surface area contributed by atoms with Crippen LogP contribution in [0.1, 0.15) is 24.1 Å². The first kappa shape index (κ1) is 19.6. The van der Waals surface area contributed by atoms with Gasteiger partial charge in [0, 0.05) is 24.8 Å². The van der Waals surface area contributed by atoms with Crippen molar-refractivity contribution in [1.29, 1.82) is 0 Å². The molecule has 3 heterocycles. The molecule has 31 heavy (non-hydrogen) atoms. The molecule has 1 saturated heterocycles. The van der Waals surface area contributed by atoms with E-state index in [0.29, 0.717) is 6.54 Å². The number of anilines is 1. The Hall–Kier alpha value is -3.32. The molecule has 1 N–H and O–H groups in total. The Balaban J connectivity index is 1.27. The van der Waals surface area contributed by atoms with E-state index < -0.39 is 0 Å². The molecular formula is C24H26N4O3. The maximum Gasteiger partial charge on any atom is 0.241 e. The van der Waals surface area contributed by atoms with E-state index in [1.807, 2.05) is 61.1 Å². The fourth-order valence-electron chi connectivity index (χ4n) is 4.48. The number of aryl methyl sites for hydroxylation is 2. The number of hydrogen-bond donors (Lipinski definition) is 1. The van der Waals surface area contributed by atoms with Gasteiger partial charge >= 0.3 is 0 Å². The van der Waals surface area contributed by atoms with Crippen molar-refractivity contribution in [1.82, 2.24) is 14.7 Å². The monoisotopic (exact) mass is 418 g/mol. The zero-order chi connectivity index (χ0) is 21.4. The highest BCUT2D eigenvalue weighted by Gasteiger charge is 2.32. The third-order valence-electron chi connectivity index (χ3n) is 5.97. The minimum absolute atomic E-state index is 0.0337. The van der Waals surface area contributed by atoms with Crippen molar-refractivity contribution in [3.8, 4) is 22.8 Å². The lowest BCUT2D eigenvalue weighted by Gasteiger charge is -2.24. The standard InChI is InChI=1S/C24H26N4O3/c1-16-13-21(27(2)26-16)17-8-10-19(11-9-17)25-24(29)20-6-4-12-28(20)14-18-5-3-7-22-23(18)31-15-30-22/h3,5,7-11,13,20H,4,6,12,14-15H2,1-2H3,(H,25,29). The molecule has 5 rings (SSSR count). The Morgan fingerprint density at radius 2 is 2.03 bits per heavy atom. The summed E-state index contributed by atoms with van der Waals surface area (Å²) >= 11 is 0. The summed E-state index contributed by atoms with van der Waals surface area (Å²) in [5.74, 6) is 1.61. The molecule has 3 aromatic rings. The molecule has 0 spiro atoms. The highest BCUT2D eigenvalue weighted by molar-refractivity contribution is 5.95. The SMILES string of the molecule is Cc1cc(-c2ccc(NC(=O)C3CCCN3Cc3cccc4c3OCO4)cc2)n(C)n1. The molecule has 0 saturated carbocycles. The Labute approximate surface area is 181 Å². The number of aromatic nitrogens is 2. The summed E-state index contributed by atoms with van der Waals surface area (Å²) in [7, 11) is 1.94. The molecule has 0 aliphatic carbocycles. The quantitative estimate of drug-likeness (QED) is 0.684. The normalized spacial score (nSPS) is 17.8. The number of rotatable bonds is 5. The largest absolute Gasteiger partial charge is 0.454 e. The Kier molecular flexibility index (Phi) is 5.11. The highest BCUT2D eigenvalue weighted by Crippen LogP contribution is 2.37. The van der Waals surface area contributed by atoms with Crippen molar-refractivity contribution in [3.05, 3.63) is 59.8 Å². The van der Waals surface area contributed by atoms with E-state index in [1.54, 1.807) is 0 Å². The van der Waals surface area contributed by atoms with Gasteiger partial charge in [0.05, 0.1) is 17.4 Å². The van der Waals surface area contributed by atoms with E-state index in [9.17, 15) is 4.79 Å². The van der Waals surface area contributed by atoms with Gasteiger partial charge < -0.3 is 14.8 Å². The van der Waals surface area contributed by atoms with Gasteiger partial charge in [-0.05, 0) is 56.1 Å². The second kappa shape index (κ2) is 8.07. The highest BCUT2D eigenvalue weighted by atomic mass is 16.7. The number of carbonyl (C=O) groups excluding carboxylic acids is 1. The lowest BCUT2D eigenvalue weighted by molar-refractivity contribution is -0.120. The maximum atomic E-state index is 13.0. The lowest BCUT2D eigenvalue weighted by atomic mass is 10.1. The van der Waals surface area contributed by atoms with Crippen LogP contribution in [0.15, 0.2) is 48.5 Å². The number of nitrogens with one attached hydrogen (secondary N) is 1. The second-order valence-electron chi connectivity index (χ2n) is 8.14. The predicted octanol–water partition coefficient (Wildman–Crippen LogP) is 3.73. The topological polar surface area (TPSA) is 68.6 Å². The number of carbonyl (C=O) groups is 1. The summed E-state index contributed by atoms with van der Waals surface area (Å²) < 4.78 is 13.0. The maximum absolute atomic E-state index is 13.0. The van der Waals surface area contributed by atoms with Crippen LogP contribution in [0.2, 0.25) is 0 Å². The number of likely N-dealkylation sites (tertiary alicyclic amines) is 1. The number of hydrogen-bond acceptors (Lipinski definition) is 5. The van der Waals surface area contributed by atoms with E-state index in [2.05, 4.69) is 21.4 Å². The van der Waals surface area contributed by atoms with Gasteiger partial charge in [-0.25, -0.2) is 0 Å². The van der Waals surface area contributed by atoms with Gasteiger partial charge in [-0.15, -0.1) is 0 Å². The first-order valence-electron chi connectivity index (χ1n) is 10.6. The minimum Gasteiger partial charge on any atom is -0.454 e. The van der Waals surface area contributed by atoms with E-state index in [-0.39, 0.29) is 18.7 Å². The minimum atomic E-state index is -0.155. The first-order chi connectivity index (χ1) is 15.1. The van der Waals surface area contributed by atoms with Crippen molar-refractivity contribution in [2.75, 3.05) is 18.7 Å². The van der Waals surface area contributed by atoms with Crippen LogP contribution in [-0.4, -0.2) is 40.0 Å². The van der Waals surface area contributed by atoms with Crippen molar-refractivity contribution < 1.29 is 14.3 Å². The molecule has 1 aromatic heterocycles. The molecule has 2 aliphatic heterocycles. The van der Waals surface area contributed by atoms with E-state index in [1.165, 1.54) is 0 Å². The van der Waals surface area contributed by atoms with Crippen LogP contribution in [0.25, 0.3) is 11.3 Å². The van der Waals surface area contributed by atoms with Gasteiger partial charge in [0.2, 0.25) is 12.7 Å². The van der Waals surface area contributed by atoms with Crippen molar-refractivity contribution in [2.45, 2.75) is 32.4 Å². The molecule has 0 bridgehead atoms. The third-order valence-corrected chi connectivity index (χ3v) is 5.97. The van der Waals surface area contributed by atoms with Crippen LogP contribution in [-0.2, 0) is 18.4 Å². The zero-order valence-electron chi connectivity index (χ0n) is 17.8. The Bertz CT molecular complexity index is 1110. The fraction of sp³-hybridized carbons (Fsp3) is 0.333. The van der Waals surface area contributed by atoms with E-state index >= 15 is 0 Å². The molecule has 7 heteroatoms. The average Bonchev–Trinajstić information content (AvgIpc) is 3.49. The first-order valence-corrected chi connectivity index (χ1v) is 10.6. The third kappa shape index (κ3) is 3.88. The van der Waals surface area contributed by atoms with Crippen LogP contribution < -0.4 is 14.8 Å². The van der Waals surface area contributed by atoms with Gasteiger partial charge in [-0.1, -0.05) is 24.3 Å². The summed E-state index contributed by atoms with van der Waals surface area (Å²) in [5.41, 5.74) is 4.97. The van der Waals surface area contributed by atoms with E-state index in [0.717, 1.165) is 59.1 Å². The van der Waals surface area contributed by atoms with Crippen LogP contribution in [0.5, 0.6) is 11.5 Å². The predicted molar refractivity (Wildman–Crippen MR) is 118 cm³/mol. The summed E-state index contributed by atoms with van der Waals surface area (Å²) in [6, 6.07) is 15.8. The second-order valence-corrected chi connectivity index (χ2v) is 8.14. The number of ether oxygens (including phenoxy) is 2. The van der Waals surface area contributed by atoms with Crippen molar-refractivity contribution in [3.63, 3.8) is 0 Å². The van der Waals surface area contributed by atoms with Gasteiger partial charge in [0.15, 0.2) is 11.5 Å². The number of fused-ring (bicyclic) bond motifs is 1. The number of nitrogens with zero attached hydrogens (tertiary/aromatic N) is 3. The molecule has 2 aliphatic rings. The van der Waals surface area contributed by atoms with Gasteiger partial charge in [0.25, 0.3) is 0 Å². The van der Waals surface area contributed by atoms with Gasteiger partial charge in [-0.3, -0.25) is 14.4 Å². The van der Waals surface area contributed by atoms with Crippen molar-refractivity contribution >= 4 is 11.6 Å². The summed E-state index contributed by atoms with van der Waals surface area (Å²) in [4.78, 5) is 15.3. The number of benzene rings is 2.